The van der Waals surface area contributed by atoms with Crippen LogP contribution in [0.25, 0.3) is 0 Å². The number of nitrogen functional groups attached to an aromatic ring is 1. The summed E-state index contributed by atoms with van der Waals surface area (Å²) in [6.45, 7) is 3.51. The van der Waals surface area contributed by atoms with Crippen molar-refractivity contribution >= 4 is 17.8 Å². The van der Waals surface area contributed by atoms with Crippen molar-refractivity contribution in [1.82, 2.24) is 9.55 Å². The molecule has 0 amide bonds. The molecule has 1 unspecified atom stereocenters. The number of ether oxygens (including phenoxy) is 2. The lowest BCUT2D eigenvalue weighted by Gasteiger charge is -2.12. The number of aromatic nitrogens is 2. The number of nitrogens with zero attached hydrogens (tertiary/aromatic N) is 2. The molecule has 94 valence electrons. The normalized spacial score (nSPS) is 11.9. The van der Waals surface area contributed by atoms with Crippen LogP contribution in [0.1, 0.15) is 30.4 Å². The lowest BCUT2D eigenvalue weighted by molar-refractivity contribution is -0.143. The Morgan fingerprint density at radius 1 is 1.59 bits per heavy atom. The average Bonchev–Trinajstić information content (AvgIpc) is 2.69. The highest BCUT2D eigenvalue weighted by atomic mass is 16.5. The summed E-state index contributed by atoms with van der Waals surface area (Å²) in [6.07, 6.45) is 1.31. The quantitative estimate of drug-likeness (QED) is 0.765. The van der Waals surface area contributed by atoms with Crippen molar-refractivity contribution in [3.8, 4) is 0 Å². The molecule has 2 N–H and O–H groups in total. The number of esters is 2. The molecule has 0 saturated heterocycles. The van der Waals surface area contributed by atoms with Crippen LogP contribution >= 0.6 is 0 Å². The van der Waals surface area contributed by atoms with Gasteiger partial charge in [0.15, 0.2) is 5.69 Å². The lowest BCUT2D eigenvalue weighted by atomic mass is 10.3. The van der Waals surface area contributed by atoms with Crippen LogP contribution in [0.5, 0.6) is 0 Å². The van der Waals surface area contributed by atoms with Gasteiger partial charge in [-0.3, -0.25) is 0 Å². The number of hydrogen-bond acceptors (Lipinski definition) is 6. The molecule has 0 aromatic carbocycles. The van der Waals surface area contributed by atoms with Crippen LogP contribution in [0.4, 0.5) is 5.82 Å². The fraction of sp³-hybridized carbons (Fsp3) is 0.500. The molecule has 0 radical (unpaired) electrons. The molecule has 1 aromatic heterocycles. The Hall–Kier alpha value is -2.05. The van der Waals surface area contributed by atoms with E-state index in [4.69, 9.17) is 10.5 Å². The fourth-order valence-corrected chi connectivity index (χ4v) is 1.32. The molecule has 17 heavy (non-hydrogen) atoms. The first kappa shape index (κ1) is 13.0. The second kappa shape index (κ2) is 5.33. The first-order valence-corrected chi connectivity index (χ1v) is 5.10. The summed E-state index contributed by atoms with van der Waals surface area (Å²) in [5.41, 5.74) is 5.72. The molecule has 0 saturated carbocycles. The van der Waals surface area contributed by atoms with Gasteiger partial charge in [-0.2, -0.15) is 0 Å². The van der Waals surface area contributed by atoms with Crippen LogP contribution in [-0.4, -0.2) is 35.2 Å². The zero-order valence-corrected chi connectivity index (χ0v) is 9.97. The highest BCUT2D eigenvalue weighted by Gasteiger charge is 2.23. The number of carbonyl (C=O) groups excluding carboxylic acids is 2. The smallest absolute Gasteiger partial charge is 0.360 e. The van der Waals surface area contributed by atoms with Crippen molar-refractivity contribution in [1.29, 1.82) is 0 Å². The summed E-state index contributed by atoms with van der Waals surface area (Å²) < 4.78 is 10.7. The van der Waals surface area contributed by atoms with E-state index in [1.54, 1.807) is 13.8 Å². The minimum Gasteiger partial charge on any atom is -0.467 e. The number of methoxy groups -OCH3 is 1. The minimum atomic E-state index is -0.643. The summed E-state index contributed by atoms with van der Waals surface area (Å²) in [4.78, 5) is 26.6. The Balaban J connectivity index is 2.98. The average molecular weight is 241 g/mol. The zero-order valence-electron chi connectivity index (χ0n) is 9.97. The van der Waals surface area contributed by atoms with Crippen molar-refractivity contribution in [3.63, 3.8) is 0 Å². The number of carbonyl (C=O) groups is 2. The van der Waals surface area contributed by atoms with Gasteiger partial charge in [0.25, 0.3) is 0 Å². The summed E-state index contributed by atoms with van der Waals surface area (Å²) in [6, 6.07) is -0.643. The molecule has 1 atom stereocenters. The van der Waals surface area contributed by atoms with Crippen LogP contribution in [0, 0.1) is 0 Å². The number of nitrogens with two attached hydrogens (primary N) is 1. The highest BCUT2D eigenvalue weighted by Crippen LogP contribution is 2.18. The van der Waals surface area contributed by atoms with Gasteiger partial charge >= 0.3 is 11.9 Å². The molecular formula is C10H15N3O4. The number of imidazole rings is 1. The lowest BCUT2D eigenvalue weighted by Crippen LogP contribution is -2.19. The molecule has 1 aromatic rings. The first-order valence-electron chi connectivity index (χ1n) is 5.10. The van der Waals surface area contributed by atoms with Gasteiger partial charge < -0.3 is 19.8 Å². The number of anilines is 1. The maximum absolute atomic E-state index is 11.4. The Bertz CT molecular complexity index is 427. The third-order valence-corrected chi connectivity index (χ3v) is 2.26. The van der Waals surface area contributed by atoms with Crippen LogP contribution in [0.2, 0.25) is 0 Å². The van der Waals surface area contributed by atoms with E-state index in [1.807, 2.05) is 0 Å². The molecule has 0 aliphatic heterocycles. The maximum Gasteiger partial charge on any atom is 0.360 e. The van der Waals surface area contributed by atoms with Gasteiger partial charge in [-0.15, -0.1) is 0 Å². The Kier molecular flexibility index (Phi) is 4.08. The van der Waals surface area contributed by atoms with Crippen molar-refractivity contribution < 1.29 is 19.1 Å². The molecule has 0 bridgehead atoms. The Morgan fingerprint density at radius 3 is 2.76 bits per heavy atom. The Labute approximate surface area is 98.5 Å². The van der Waals surface area contributed by atoms with E-state index in [2.05, 4.69) is 9.72 Å². The van der Waals surface area contributed by atoms with E-state index in [1.165, 1.54) is 18.0 Å². The predicted octanol–water partition coefficient (Wildman–Crippen LogP) is 0.376. The van der Waals surface area contributed by atoms with Gasteiger partial charge in [0.1, 0.15) is 11.9 Å². The molecule has 7 nitrogen and oxygen atoms in total. The largest absolute Gasteiger partial charge is 0.467 e. The second-order valence-electron chi connectivity index (χ2n) is 3.31. The standard InChI is InChI=1S/C10H15N3O4/c1-4-17-10(15)7-8(11)13(5-12-7)6(2)9(14)16-3/h5-6H,4,11H2,1-3H3. The Morgan fingerprint density at radius 2 is 2.24 bits per heavy atom. The molecular weight excluding hydrogens is 226 g/mol. The molecule has 0 spiro atoms. The highest BCUT2D eigenvalue weighted by molar-refractivity contribution is 5.92. The molecule has 0 aliphatic carbocycles. The number of rotatable bonds is 4. The van der Waals surface area contributed by atoms with Crippen molar-refractivity contribution in [2.75, 3.05) is 19.5 Å². The van der Waals surface area contributed by atoms with Gasteiger partial charge in [-0.25, -0.2) is 14.6 Å². The summed E-state index contributed by atoms with van der Waals surface area (Å²) in [5, 5.41) is 0. The van der Waals surface area contributed by atoms with E-state index < -0.39 is 18.0 Å². The molecule has 0 fully saturated rings. The fourth-order valence-electron chi connectivity index (χ4n) is 1.32. The minimum absolute atomic E-state index is 0.00241. The van der Waals surface area contributed by atoms with Crippen LogP contribution in [0.15, 0.2) is 6.33 Å². The van der Waals surface area contributed by atoms with Crippen LogP contribution < -0.4 is 5.73 Å². The third kappa shape index (κ3) is 2.55. The van der Waals surface area contributed by atoms with E-state index in [0.717, 1.165) is 0 Å². The molecule has 7 heteroatoms. The van der Waals surface area contributed by atoms with Gasteiger partial charge in [0, 0.05) is 0 Å². The zero-order chi connectivity index (χ0) is 13.0. The SMILES string of the molecule is CCOC(=O)c1ncn(C(C)C(=O)OC)c1N. The van der Waals surface area contributed by atoms with Crippen molar-refractivity contribution in [2.24, 2.45) is 0 Å². The predicted molar refractivity (Wildman–Crippen MR) is 59.3 cm³/mol. The molecule has 1 rings (SSSR count). The summed E-state index contributed by atoms with van der Waals surface area (Å²) in [7, 11) is 1.28. The first-order chi connectivity index (χ1) is 8.02. The van der Waals surface area contributed by atoms with E-state index >= 15 is 0 Å². The maximum atomic E-state index is 11.4. The van der Waals surface area contributed by atoms with Crippen LogP contribution in [0.3, 0.4) is 0 Å². The summed E-state index contributed by atoms with van der Waals surface area (Å²) >= 11 is 0. The van der Waals surface area contributed by atoms with Crippen molar-refractivity contribution in [2.45, 2.75) is 19.9 Å². The van der Waals surface area contributed by atoms with E-state index in [-0.39, 0.29) is 18.1 Å². The number of hydrogen-bond donors (Lipinski definition) is 1. The van der Waals surface area contributed by atoms with Gasteiger partial charge in [-0.1, -0.05) is 0 Å². The molecule has 0 aliphatic rings. The monoisotopic (exact) mass is 241 g/mol. The second-order valence-corrected chi connectivity index (χ2v) is 3.31. The van der Waals surface area contributed by atoms with Gasteiger partial charge in [0.2, 0.25) is 0 Å². The van der Waals surface area contributed by atoms with Gasteiger partial charge in [-0.05, 0) is 13.8 Å². The van der Waals surface area contributed by atoms with Gasteiger partial charge in [0.05, 0.1) is 20.0 Å². The topological polar surface area (TPSA) is 96.4 Å². The van der Waals surface area contributed by atoms with Crippen LogP contribution in [-0.2, 0) is 14.3 Å². The van der Waals surface area contributed by atoms with E-state index in [0.29, 0.717) is 0 Å². The molecule has 1 heterocycles. The van der Waals surface area contributed by atoms with Crippen molar-refractivity contribution in [3.05, 3.63) is 12.0 Å². The van der Waals surface area contributed by atoms with E-state index in [9.17, 15) is 9.59 Å². The third-order valence-electron chi connectivity index (χ3n) is 2.26. The summed E-state index contributed by atoms with van der Waals surface area (Å²) in [5.74, 6) is -0.994.